The molecule has 1 saturated carbocycles. The number of carbonyl (C=O) groups excluding carboxylic acids is 1. The van der Waals surface area contributed by atoms with Crippen molar-refractivity contribution in [1.82, 2.24) is 4.90 Å². The van der Waals surface area contributed by atoms with Gasteiger partial charge in [0.25, 0.3) is 5.91 Å². The monoisotopic (exact) mass is 487 g/mol. The van der Waals surface area contributed by atoms with E-state index in [0.29, 0.717) is 41.6 Å². The second-order valence-electron chi connectivity index (χ2n) is 8.52. The molecule has 1 amide bonds. The van der Waals surface area contributed by atoms with Gasteiger partial charge < -0.3 is 9.64 Å². The van der Waals surface area contributed by atoms with E-state index in [9.17, 15) is 18.0 Å². The van der Waals surface area contributed by atoms with Crippen LogP contribution in [0.4, 0.5) is 13.2 Å². The van der Waals surface area contributed by atoms with Gasteiger partial charge in [0.2, 0.25) is 0 Å². The van der Waals surface area contributed by atoms with E-state index in [0.717, 1.165) is 5.56 Å². The second kappa shape index (κ2) is 10.5. The summed E-state index contributed by atoms with van der Waals surface area (Å²) in [5.74, 6) is 0.123. The molecule has 0 N–H and O–H groups in total. The standard InChI is InChI=1S/C27H25ClF3NO2/c28-25-10-2-1-9-24(25)26(33)32(18-20-11-13-22(14-12-20)21-6-4-7-21)16-15-19-5-3-8-23(17-19)34-27(29,30)31/h1-3,5,8-14,17,21H,4,6-7,15-16,18H2. The molecular weight excluding hydrogens is 463 g/mol. The van der Waals surface area contributed by atoms with Gasteiger partial charge in [0.05, 0.1) is 10.6 Å². The zero-order chi connectivity index (χ0) is 24.1. The van der Waals surface area contributed by atoms with E-state index < -0.39 is 6.36 Å². The van der Waals surface area contributed by atoms with Crippen molar-refractivity contribution in [1.29, 1.82) is 0 Å². The van der Waals surface area contributed by atoms with E-state index in [1.54, 1.807) is 35.2 Å². The minimum Gasteiger partial charge on any atom is -0.406 e. The molecule has 0 atom stereocenters. The maximum Gasteiger partial charge on any atom is 0.573 e. The van der Waals surface area contributed by atoms with Gasteiger partial charge >= 0.3 is 6.36 Å². The highest BCUT2D eigenvalue weighted by atomic mass is 35.5. The molecular formula is C27H25ClF3NO2. The number of benzene rings is 3. The Labute approximate surface area is 202 Å². The third kappa shape index (κ3) is 6.32. The molecule has 0 bridgehead atoms. The summed E-state index contributed by atoms with van der Waals surface area (Å²) in [6.45, 7) is 0.678. The quantitative estimate of drug-likeness (QED) is 0.331. The van der Waals surface area contributed by atoms with E-state index in [-0.39, 0.29) is 11.7 Å². The normalized spacial score (nSPS) is 13.9. The molecule has 0 saturated heterocycles. The van der Waals surface area contributed by atoms with Crippen molar-refractivity contribution in [2.45, 2.75) is 44.5 Å². The zero-order valence-electron chi connectivity index (χ0n) is 18.5. The Morgan fingerprint density at radius 1 is 0.971 bits per heavy atom. The predicted octanol–water partition coefficient (Wildman–Crippen LogP) is 7.39. The molecule has 0 radical (unpaired) electrons. The Balaban J connectivity index is 1.51. The lowest BCUT2D eigenvalue weighted by Gasteiger charge is -2.27. The van der Waals surface area contributed by atoms with Crippen LogP contribution >= 0.6 is 11.6 Å². The Morgan fingerprint density at radius 3 is 2.35 bits per heavy atom. The van der Waals surface area contributed by atoms with Crippen LogP contribution < -0.4 is 4.74 Å². The molecule has 3 aromatic carbocycles. The van der Waals surface area contributed by atoms with Crippen LogP contribution in [-0.4, -0.2) is 23.7 Å². The average molecular weight is 488 g/mol. The van der Waals surface area contributed by atoms with Crippen LogP contribution in [0.25, 0.3) is 0 Å². The minimum atomic E-state index is -4.75. The largest absolute Gasteiger partial charge is 0.573 e. The molecule has 0 unspecified atom stereocenters. The molecule has 178 valence electrons. The van der Waals surface area contributed by atoms with Crippen LogP contribution in [0.3, 0.4) is 0 Å². The van der Waals surface area contributed by atoms with Gasteiger partial charge in [0.15, 0.2) is 0 Å². The molecule has 0 spiro atoms. The van der Waals surface area contributed by atoms with Crippen molar-refractivity contribution in [3.05, 3.63) is 100 Å². The number of amides is 1. The molecule has 0 aliphatic heterocycles. The molecule has 0 heterocycles. The number of alkyl halides is 3. The van der Waals surface area contributed by atoms with Gasteiger partial charge in [0.1, 0.15) is 5.75 Å². The number of hydrogen-bond acceptors (Lipinski definition) is 2. The Kier molecular flexibility index (Phi) is 7.47. The van der Waals surface area contributed by atoms with Crippen molar-refractivity contribution in [2.24, 2.45) is 0 Å². The van der Waals surface area contributed by atoms with Crippen LogP contribution in [0.2, 0.25) is 5.02 Å². The summed E-state index contributed by atoms with van der Waals surface area (Å²) in [6.07, 6.45) is -0.690. The van der Waals surface area contributed by atoms with Crippen molar-refractivity contribution >= 4 is 17.5 Å². The van der Waals surface area contributed by atoms with Crippen molar-refractivity contribution < 1.29 is 22.7 Å². The number of hydrogen-bond donors (Lipinski definition) is 0. The van der Waals surface area contributed by atoms with Gasteiger partial charge in [-0.2, -0.15) is 0 Å². The van der Waals surface area contributed by atoms with Crippen molar-refractivity contribution in [3.63, 3.8) is 0 Å². The maximum absolute atomic E-state index is 13.3. The first kappa shape index (κ1) is 24.1. The Bertz CT molecular complexity index is 1130. The second-order valence-corrected chi connectivity index (χ2v) is 8.93. The molecule has 1 fully saturated rings. The molecule has 3 aromatic rings. The Hall–Kier alpha value is -2.99. The number of halogens is 4. The maximum atomic E-state index is 13.3. The fourth-order valence-electron chi connectivity index (χ4n) is 4.08. The summed E-state index contributed by atoms with van der Waals surface area (Å²) in [5, 5.41) is 0.360. The highest BCUT2D eigenvalue weighted by Gasteiger charge is 2.31. The van der Waals surface area contributed by atoms with Gasteiger partial charge in [0, 0.05) is 13.1 Å². The lowest BCUT2D eigenvalue weighted by atomic mass is 9.80. The smallest absolute Gasteiger partial charge is 0.406 e. The fourth-order valence-corrected chi connectivity index (χ4v) is 4.29. The van der Waals surface area contributed by atoms with Gasteiger partial charge in [-0.25, -0.2) is 0 Å². The van der Waals surface area contributed by atoms with Crippen LogP contribution in [0.5, 0.6) is 5.75 Å². The van der Waals surface area contributed by atoms with Crippen LogP contribution in [0.1, 0.15) is 52.2 Å². The van der Waals surface area contributed by atoms with Crippen LogP contribution in [-0.2, 0) is 13.0 Å². The van der Waals surface area contributed by atoms with Crippen LogP contribution in [0, 0.1) is 0 Å². The molecule has 0 aromatic heterocycles. The van der Waals surface area contributed by atoms with E-state index in [4.69, 9.17) is 11.6 Å². The lowest BCUT2D eigenvalue weighted by Crippen LogP contribution is -2.32. The minimum absolute atomic E-state index is 0.226. The van der Waals surface area contributed by atoms with Gasteiger partial charge in [-0.15, -0.1) is 13.2 Å². The number of nitrogens with zero attached hydrogens (tertiary/aromatic N) is 1. The number of carbonyl (C=O) groups is 1. The van der Waals surface area contributed by atoms with E-state index in [1.807, 2.05) is 12.1 Å². The molecule has 4 rings (SSSR count). The molecule has 1 aliphatic rings. The fraction of sp³-hybridized carbons (Fsp3) is 0.296. The van der Waals surface area contributed by atoms with Crippen LogP contribution in [0.15, 0.2) is 72.8 Å². The van der Waals surface area contributed by atoms with Gasteiger partial charge in [-0.1, -0.05) is 66.6 Å². The summed E-state index contributed by atoms with van der Waals surface area (Å²) in [5.41, 5.74) is 3.33. The lowest BCUT2D eigenvalue weighted by molar-refractivity contribution is -0.274. The summed E-state index contributed by atoms with van der Waals surface area (Å²) >= 11 is 6.27. The van der Waals surface area contributed by atoms with Gasteiger partial charge in [-0.3, -0.25) is 4.79 Å². The zero-order valence-corrected chi connectivity index (χ0v) is 19.3. The first-order valence-electron chi connectivity index (χ1n) is 11.3. The number of ether oxygens (including phenoxy) is 1. The predicted molar refractivity (Wildman–Crippen MR) is 126 cm³/mol. The van der Waals surface area contributed by atoms with E-state index in [1.165, 1.54) is 43.0 Å². The van der Waals surface area contributed by atoms with Gasteiger partial charge in [-0.05, 0) is 66.1 Å². The molecule has 34 heavy (non-hydrogen) atoms. The van der Waals surface area contributed by atoms with Crippen molar-refractivity contribution in [3.8, 4) is 5.75 Å². The van der Waals surface area contributed by atoms with Crippen molar-refractivity contribution in [2.75, 3.05) is 6.54 Å². The van der Waals surface area contributed by atoms with E-state index in [2.05, 4.69) is 16.9 Å². The van der Waals surface area contributed by atoms with E-state index >= 15 is 0 Å². The first-order valence-corrected chi connectivity index (χ1v) is 11.6. The molecule has 7 heteroatoms. The first-order chi connectivity index (χ1) is 16.3. The molecule has 1 aliphatic carbocycles. The third-order valence-electron chi connectivity index (χ3n) is 6.12. The summed E-state index contributed by atoms with van der Waals surface area (Å²) in [6, 6.07) is 21.0. The highest BCUT2D eigenvalue weighted by molar-refractivity contribution is 6.33. The average Bonchev–Trinajstić information content (AvgIpc) is 2.75. The summed E-state index contributed by atoms with van der Waals surface area (Å²) in [7, 11) is 0. The highest BCUT2D eigenvalue weighted by Crippen LogP contribution is 2.36. The number of rotatable bonds is 8. The third-order valence-corrected chi connectivity index (χ3v) is 6.45. The SMILES string of the molecule is O=C(c1ccccc1Cl)N(CCc1cccc(OC(F)(F)F)c1)Cc1ccc(C2CCC2)cc1. The topological polar surface area (TPSA) is 29.5 Å². The summed E-state index contributed by atoms with van der Waals surface area (Å²) < 4.78 is 41.8. The Morgan fingerprint density at radius 2 is 1.71 bits per heavy atom. The molecule has 3 nitrogen and oxygen atoms in total. The summed E-state index contributed by atoms with van der Waals surface area (Å²) in [4.78, 5) is 15.0.